The van der Waals surface area contributed by atoms with Gasteiger partial charge in [0.05, 0.1) is 77.4 Å². The average Bonchev–Trinajstić information content (AvgIpc) is 3.37. The number of ether oxygens (including phenoxy) is 11. The first-order valence-corrected chi connectivity index (χ1v) is 26.1. The number of phenolic OH excluding ortho intramolecular Hbond substituents is 2. The van der Waals surface area contributed by atoms with E-state index in [1.807, 2.05) is 6.07 Å². The first-order valence-electron chi connectivity index (χ1n) is 26.1. The SMILES string of the molecule is Cc1c(O[C@H]2C[C@@H](O[C@H]3C[C@@H](O)[C@H](O)C(C)O3)[C@H](O)C(C)O2)cc2cc3c(c(O)c2c1O)C(=O)[C@@H](O[C@H]1C[C@@H](O[C@H]2C[C@@H](O[C@H]4C[C@](C)(O)[C@H](O)C(C)O4)[C@H](O)C(C)O2)[C@H](O)C(C)O1)[C@H](C(=O)OCc1ccccc1)C3. The largest absolute Gasteiger partial charge is 0.507 e. The fourth-order valence-electron chi connectivity index (χ4n) is 11.2. The second-order valence-electron chi connectivity index (χ2n) is 21.5. The second kappa shape index (κ2) is 22.9. The fourth-order valence-corrected chi connectivity index (χ4v) is 11.2. The maximum Gasteiger partial charge on any atom is 0.312 e. The molecule has 1 aliphatic carbocycles. The summed E-state index contributed by atoms with van der Waals surface area (Å²) in [5, 5.41) is 99.2. The van der Waals surface area contributed by atoms with Gasteiger partial charge in [-0.2, -0.15) is 0 Å². The zero-order valence-electron chi connectivity index (χ0n) is 43.4. The predicted octanol–water partition coefficient (Wildman–Crippen LogP) is 2.17. The third-order valence-electron chi connectivity index (χ3n) is 15.7. The van der Waals surface area contributed by atoms with Gasteiger partial charge in [0, 0.05) is 37.7 Å². The molecule has 22 atom stereocenters. The molecule has 76 heavy (non-hydrogen) atoms. The molecule has 5 fully saturated rings. The van der Waals surface area contributed by atoms with Gasteiger partial charge in [-0.1, -0.05) is 30.3 Å². The van der Waals surface area contributed by atoms with Crippen molar-refractivity contribution in [2.75, 3.05) is 0 Å². The van der Waals surface area contributed by atoms with Crippen molar-refractivity contribution in [1.29, 1.82) is 0 Å². The number of benzene rings is 3. The minimum atomic E-state index is -1.61. The van der Waals surface area contributed by atoms with Crippen LogP contribution in [-0.2, 0) is 65.2 Å². The maximum atomic E-state index is 14.9. The number of fused-ring (bicyclic) bond motifs is 2. The Hall–Kier alpha value is -4.18. The highest BCUT2D eigenvalue weighted by Gasteiger charge is 2.50. The lowest BCUT2D eigenvalue weighted by atomic mass is 9.78. The van der Waals surface area contributed by atoms with Crippen molar-refractivity contribution in [2.45, 2.75) is 222 Å². The topological polar surface area (TPSA) is 318 Å². The quantitative estimate of drug-likeness (QED) is 0.111. The van der Waals surface area contributed by atoms with Crippen molar-refractivity contribution >= 4 is 22.5 Å². The second-order valence-corrected chi connectivity index (χ2v) is 21.5. The van der Waals surface area contributed by atoms with Crippen LogP contribution >= 0.6 is 0 Å². The summed E-state index contributed by atoms with van der Waals surface area (Å²) >= 11 is 0. The predicted molar refractivity (Wildman–Crippen MR) is 261 cm³/mol. The molecule has 0 bridgehead atoms. The van der Waals surface area contributed by atoms with Crippen LogP contribution in [0.15, 0.2) is 42.5 Å². The van der Waals surface area contributed by atoms with E-state index in [4.69, 9.17) is 52.1 Å². The van der Waals surface area contributed by atoms with Gasteiger partial charge >= 0.3 is 5.97 Å². The molecule has 0 radical (unpaired) electrons. The van der Waals surface area contributed by atoms with Gasteiger partial charge in [0.2, 0.25) is 6.29 Å². The summed E-state index contributed by atoms with van der Waals surface area (Å²) < 4.78 is 66.8. The van der Waals surface area contributed by atoms with Gasteiger partial charge in [0.15, 0.2) is 30.9 Å². The summed E-state index contributed by atoms with van der Waals surface area (Å²) in [7, 11) is 0. The van der Waals surface area contributed by atoms with Crippen LogP contribution in [0, 0.1) is 12.8 Å². The highest BCUT2D eigenvalue weighted by molar-refractivity contribution is 6.12. The fraction of sp³-hybridized carbons (Fsp3) is 0.667. The molecule has 0 aromatic heterocycles. The summed E-state index contributed by atoms with van der Waals surface area (Å²) in [6, 6.07) is 12.0. The van der Waals surface area contributed by atoms with Crippen LogP contribution in [-0.4, -0.2) is 186 Å². The van der Waals surface area contributed by atoms with Crippen molar-refractivity contribution in [3.63, 3.8) is 0 Å². The number of carbonyl (C=O) groups excluding carboxylic acids is 2. The van der Waals surface area contributed by atoms with Crippen LogP contribution < -0.4 is 4.74 Å². The maximum absolute atomic E-state index is 14.9. The highest BCUT2D eigenvalue weighted by atomic mass is 16.7. The van der Waals surface area contributed by atoms with Crippen molar-refractivity contribution in [1.82, 2.24) is 0 Å². The van der Waals surface area contributed by atoms with E-state index in [1.165, 1.54) is 6.92 Å². The number of phenols is 2. The summed E-state index contributed by atoms with van der Waals surface area (Å²) in [4.78, 5) is 29.2. The highest BCUT2D eigenvalue weighted by Crippen LogP contribution is 2.47. The number of hydrogen-bond acceptors (Lipinski definition) is 22. The van der Waals surface area contributed by atoms with Crippen LogP contribution in [0.2, 0.25) is 0 Å². The molecule has 0 spiro atoms. The van der Waals surface area contributed by atoms with E-state index in [-0.39, 0.29) is 78.3 Å². The van der Waals surface area contributed by atoms with Crippen LogP contribution in [0.25, 0.3) is 10.8 Å². The Morgan fingerprint density at radius 2 is 1.17 bits per heavy atom. The normalized spacial score (nSPS) is 41.1. The van der Waals surface area contributed by atoms with Crippen molar-refractivity contribution in [3.8, 4) is 17.2 Å². The lowest BCUT2D eigenvalue weighted by Crippen LogP contribution is -2.58. The number of rotatable bonds is 13. The van der Waals surface area contributed by atoms with E-state index in [9.17, 15) is 55.5 Å². The van der Waals surface area contributed by atoms with Crippen molar-refractivity contribution in [3.05, 3.63) is 64.7 Å². The monoisotopic (exact) mass is 1070 g/mol. The van der Waals surface area contributed by atoms with Gasteiger partial charge in [0.1, 0.15) is 60.5 Å². The number of aromatic hydroxyl groups is 2. The minimum Gasteiger partial charge on any atom is -0.507 e. The molecular formula is C54H72O22. The standard InChI is InChI=1S/C54H72O22/c1-22-33(72-38-17-34(46(58)24(3)68-38)73-37-16-32(55)45(57)23(2)67-37)15-30-13-29-14-31(53(64)66-21-28-11-9-8-10-12-28)51(50(62)43(29)49(61)42(30)44(22)56)76-40-19-35(47(59)26(5)70-40)74-39-18-36(48(60)25(4)69-39)75-41-20-54(7,65)52(63)27(6)71-41/h8-13,15,23-27,31-32,34-41,45-48,51-52,55-61,63,65H,14,16-21H2,1-7H3/t23?,24?,25?,26?,27?,31-,32-,34-,35-,36-,37+,38+,39+,40+,41+,45-,46-,47-,48-,51+,52-,54+/m1/s1. The molecule has 3 aromatic carbocycles. The Morgan fingerprint density at radius 3 is 1.75 bits per heavy atom. The van der Waals surface area contributed by atoms with E-state index in [0.29, 0.717) is 5.56 Å². The Morgan fingerprint density at radius 1 is 0.658 bits per heavy atom. The number of ketones is 1. The van der Waals surface area contributed by atoms with Crippen LogP contribution in [0.5, 0.6) is 17.2 Å². The van der Waals surface area contributed by atoms with Gasteiger partial charge in [-0.15, -0.1) is 0 Å². The van der Waals surface area contributed by atoms with Gasteiger partial charge < -0.3 is 98.1 Å². The number of Topliss-reactive ketones (excluding diaryl/α,β-unsaturated/α-hetero) is 1. The molecule has 5 saturated heterocycles. The van der Waals surface area contributed by atoms with Crippen LogP contribution in [0.3, 0.4) is 0 Å². The zero-order valence-corrected chi connectivity index (χ0v) is 43.4. The average molecular weight is 1070 g/mol. The van der Waals surface area contributed by atoms with Gasteiger partial charge in [0.25, 0.3) is 0 Å². The van der Waals surface area contributed by atoms with E-state index in [0.717, 1.165) is 0 Å². The molecule has 0 amide bonds. The van der Waals surface area contributed by atoms with E-state index in [1.54, 1.807) is 77.9 Å². The van der Waals surface area contributed by atoms with Crippen molar-refractivity contribution in [2.24, 2.45) is 5.92 Å². The molecule has 5 heterocycles. The molecule has 22 nitrogen and oxygen atoms in total. The summed E-state index contributed by atoms with van der Waals surface area (Å²) in [6.45, 7) is 10.9. The van der Waals surface area contributed by atoms with Crippen LogP contribution in [0.1, 0.15) is 101 Å². The number of carbonyl (C=O) groups is 2. The van der Waals surface area contributed by atoms with Gasteiger partial charge in [-0.25, -0.2) is 0 Å². The molecule has 9 rings (SSSR count). The molecule has 5 aliphatic heterocycles. The van der Waals surface area contributed by atoms with Crippen molar-refractivity contribution < 1.29 is 108 Å². The molecule has 420 valence electrons. The molecular weight excluding hydrogens is 1000 g/mol. The van der Waals surface area contributed by atoms with Crippen LogP contribution in [0.4, 0.5) is 0 Å². The molecule has 0 saturated carbocycles. The van der Waals surface area contributed by atoms with E-state index < -0.39 is 158 Å². The number of hydrogen-bond donors (Lipinski definition) is 9. The first-order chi connectivity index (χ1) is 36.0. The first kappa shape index (κ1) is 56.5. The lowest BCUT2D eigenvalue weighted by molar-refractivity contribution is -0.334. The summed E-state index contributed by atoms with van der Waals surface area (Å²) in [5.41, 5.74) is -0.633. The third kappa shape index (κ3) is 11.7. The number of esters is 1. The smallest absolute Gasteiger partial charge is 0.312 e. The van der Waals surface area contributed by atoms with Gasteiger partial charge in [-0.3, -0.25) is 9.59 Å². The summed E-state index contributed by atoms with van der Waals surface area (Å²) in [6.07, 6.45) is -21.1. The Bertz CT molecular complexity index is 2520. The van der Waals surface area contributed by atoms with Gasteiger partial charge in [-0.05, 0) is 83.5 Å². The lowest BCUT2D eigenvalue weighted by Gasteiger charge is -2.46. The summed E-state index contributed by atoms with van der Waals surface area (Å²) in [5.74, 6) is -3.75. The molecule has 9 N–H and O–H groups in total. The third-order valence-corrected chi connectivity index (χ3v) is 15.7. The zero-order chi connectivity index (χ0) is 54.7. The Kier molecular flexibility index (Phi) is 17.0. The van der Waals surface area contributed by atoms with E-state index >= 15 is 0 Å². The molecule has 6 aliphatic rings. The molecule has 22 heteroatoms. The Balaban J connectivity index is 0.946. The van der Waals surface area contributed by atoms with E-state index in [2.05, 4.69) is 0 Å². The Labute approximate surface area is 439 Å². The minimum absolute atomic E-state index is 0.00834. The molecule has 5 unspecified atom stereocenters. The number of aliphatic hydroxyl groups is 7. The number of aliphatic hydroxyl groups excluding tert-OH is 6. The molecule has 3 aromatic rings.